The number of amides is 1. The summed E-state index contributed by atoms with van der Waals surface area (Å²) >= 11 is 0. The Hall–Kier alpha value is -1.74. The topological polar surface area (TPSA) is 185 Å². The zero-order valence-electron chi connectivity index (χ0n) is 10.8. The van der Waals surface area contributed by atoms with Gasteiger partial charge in [0.15, 0.2) is 0 Å². The number of phosphoric ester groups is 1. The van der Waals surface area contributed by atoms with Crippen LogP contribution in [-0.2, 0) is 22.8 Å². The fourth-order valence-corrected chi connectivity index (χ4v) is 2.73. The van der Waals surface area contributed by atoms with Gasteiger partial charge in [-0.1, -0.05) is 0 Å². The predicted molar refractivity (Wildman–Crippen MR) is 72.2 cm³/mol. The number of carbonyl (C=O) groups is 2. The summed E-state index contributed by atoms with van der Waals surface area (Å²) in [6, 6.07) is 5.65. The molecule has 11 nitrogen and oxygen atoms in total. The normalized spacial score (nSPS) is 14.0. The maximum atomic E-state index is 11.6. The summed E-state index contributed by atoms with van der Waals surface area (Å²) in [6.45, 7) is -0.821. The lowest BCUT2D eigenvalue weighted by Gasteiger charge is -2.12. The Bertz CT molecular complexity index is 654. The van der Waals surface area contributed by atoms with E-state index in [1.807, 2.05) is 0 Å². The first-order chi connectivity index (χ1) is 9.98. The average Bonchev–Trinajstić information content (AvgIpc) is 2.33. The molecule has 0 bridgehead atoms. The minimum atomic E-state index is -5.32. The van der Waals surface area contributed by atoms with E-state index >= 15 is 0 Å². The number of hydrogen-bond acceptors (Lipinski definition) is 7. The van der Waals surface area contributed by atoms with Crippen molar-refractivity contribution in [3.63, 3.8) is 0 Å². The lowest BCUT2D eigenvalue weighted by molar-refractivity contribution is -0.134. The summed E-state index contributed by atoms with van der Waals surface area (Å²) in [6.07, 6.45) is 0. The van der Waals surface area contributed by atoms with E-state index in [1.54, 1.807) is 0 Å². The van der Waals surface area contributed by atoms with Crippen molar-refractivity contribution in [2.75, 3.05) is 12.3 Å². The van der Waals surface area contributed by atoms with Crippen LogP contribution in [-0.4, -0.2) is 33.1 Å². The molecule has 122 valence electrons. The van der Waals surface area contributed by atoms with E-state index in [0.29, 0.717) is 5.69 Å². The molecule has 0 saturated carbocycles. The summed E-state index contributed by atoms with van der Waals surface area (Å²) in [5, 5.41) is 2.07. The summed E-state index contributed by atoms with van der Waals surface area (Å²) in [4.78, 5) is 48.4. The van der Waals surface area contributed by atoms with Gasteiger partial charge in [0.1, 0.15) is 6.54 Å². The molecule has 0 heterocycles. The highest BCUT2D eigenvalue weighted by molar-refractivity contribution is 7.61. The van der Waals surface area contributed by atoms with Crippen LogP contribution in [0.25, 0.3) is 0 Å². The maximum absolute atomic E-state index is 11.6. The van der Waals surface area contributed by atoms with Crippen LogP contribution in [0.4, 0.5) is 5.69 Å². The number of carbonyl (C=O) groups excluding carboxylic acids is 2. The molecule has 22 heavy (non-hydrogen) atoms. The maximum Gasteiger partial charge on any atom is 0.538 e. The minimum absolute atomic E-state index is 0.167. The zero-order chi connectivity index (χ0) is 17.0. The van der Waals surface area contributed by atoms with Crippen LogP contribution in [0.2, 0.25) is 0 Å². The van der Waals surface area contributed by atoms with Crippen molar-refractivity contribution in [3.05, 3.63) is 29.8 Å². The molecule has 1 aromatic rings. The second-order valence-electron chi connectivity index (χ2n) is 3.81. The standard InChI is InChI=1S/C9H12N2O9P2/c10-7-3-1-6(2-4-7)9(13)11-5-8(12)19-22(17,18)20-21(14,15)16/h1-4H,5,10H2,(H,11,13)(H,17,18)(H2,14,15,16). The zero-order valence-corrected chi connectivity index (χ0v) is 12.6. The molecule has 6 N–H and O–H groups in total. The van der Waals surface area contributed by atoms with Gasteiger partial charge in [-0.05, 0) is 24.3 Å². The van der Waals surface area contributed by atoms with Gasteiger partial charge in [0, 0.05) is 11.3 Å². The third-order valence-corrected chi connectivity index (χ3v) is 4.10. The van der Waals surface area contributed by atoms with E-state index in [0.717, 1.165) is 0 Å². The van der Waals surface area contributed by atoms with Crippen LogP contribution in [0.15, 0.2) is 24.3 Å². The van der Waals surface area contributed by atoms with E-state index < -0.39 is 34.1 Å². The Kier molecular flexibility index (Phi) is 5.84. The van der Waals surface area contributed by atoms with Crippen molar-refractivity contribution in [1.29, 1.82) is 0 Å². The van der Waals surface area contributed by atoms with Gasteiger partial charge < -0.3 is 25.4 Å². The van der Waals surface area contributed by atoms with Gasteiger partial charge in [-0.25, -0.2) is 13.9 Å². The van der Waals surface area contributed by atoms with Crippen LogP contribution in [0.1, 0.15) is 10.4 Å². The van der Waals surface area contributed by atoms with E-state index in [1.165, 1.54) is 24.3 Å². The monoisotopic (exact) mass is 354 g/mol. The molecule has 0 aliphatic heterocycles. The van der Waals surface area contributed by atoms with Crippen LogP contribution in [0.5, 0.6) is 0 Å². The second-order valence-corrected chi connectivity index (χ2v) is 6.56. The second kappa shape index (κ2) is 7.01. The van der Waals surface area contributed by atoms with Gasteiger partial charge in [0.25, 0.3) is 5.91 Å². The quantitative estimate of drug-likeness (QED) is 0.337. The lowest BCUT2D eigenvalue weighted by Crippen LogP contribution is -2.30. The molecule has 1 rings (SSSR count). The van der Waals surface area contributed by atoms with Crippen molar-refractivity contribution in [1.82, 2.24) is 5.32 Å². The summed E-state index contributed by atoms with van der Waals surface area (Å²) in [5.74, 6) is -2.12. The lowest BCUT2D eigenvalue weighted by atomic mass is 10.2. The van der Waals surface area contributed by atoms with Gasteiger partial charge in [-0.15, -0.1) is 0 Å². The van der Waals surface area contributed by atoms with Crippen molar-refractivity contribution >= 4 is 33.2 Å². The molecule has 0 radical (unpaired) electrons. The van der Waals surface area contributed by atoms with Crippen LogP contribution in [0, 0.1) is 0 Å². The van der Waals surface area contributed by atoms with Gasteiger partial charge in [0.05, 0.1) is 0 Å². The molecule has 0 fully saturated rings. The first-order valence-electron chi connectivity index (χ1n) is 5.44. The Balaban J connectivity index is 2.52. The Morgan fingerprint density at radius 3 is 2.18 bits per heavy atom. The van der Waals surface area contributed by atoms with Crippen LogP contribution < -0.4 is 11.1 Å². The SMILES string of the molecule is Nc1ccc(C(=O)NCC(=O)OP(=O)(O)OP(=O)(O)O)cc1. The average molecular weight is 354 g/mol. The number of nitrogens with one attached hydrogen (secondary N) is 1. The summed E-state index contributed by atoms with van der Waals surface area (Å²) in [5.41, 5.74) is 6.02. The minimum Gasteiger partial charge on any atom is -0.399 e. The molecule has 1 unspecified atom stereocenters. The highest BCUT2D eigenvalue weighted by Gasteiger charge is 2.35. The van der Waals surface area contributed by atoms with Gasteiger partial charge in [-0.3, -0.25) is 9.69 Å². The molecule has 0 aromatic heterocycles. The van der Waals surface area contributed by atoms with Crippen molar-refractivity contribution in [2.45, 2.75) is 0 Å². The van der Waals surface area contributed by atoms with E-state index in [9.17, 15) is 18.7 Å². The summed E-state index contributed by atoms with van der Waals surface area (Å²) in [7, 11) is -10.6. The van der Waals surface area contributed by atoms with E-state index in [2.05, 4.69) is 14.2 Å². The third-order valence-electron chi connectivity index (χ3n) is 1.99. The highest BCUT2D eigenvalue weighted by Crippen LogP contribution is 2.57. The molecular formula is C9H12N2O9P2. The molecule has 0 aliphatic rings. The Morgan fingerprint density at radius 1 is 1.14 bits per heavy atom. The smallest absolute Gasteiger partial charge is 0.399 e. The molecule has 1 atom stereocenters. The first kappa shape index (κ1) is 18.3. The molecule has 0 saturated heterocycles. The number of anilines is 1. The van der Waals surface area contributed by atoms with Gasteiger partial charge >= 0.3 is 21.6 Å². The molecule has 0 aliphatic carbocycles. The first-order valence-corrected chi connectivity index (χ1v) is 8.47. The number of nitrogens with two attached hydrogens (primary N) is 1. The molecule has 0 spiro atoms. The fraction of sp³-hybridized carbons (Fsp3) is 0.111. The molecular weight excluding hydrogens is 342 g/mol. The van der Waals surface area contributed by atoms with Crippen LogP contribution >= 0.6 is 15.6 Å². The number of rotatable bonds is 6. The third kappa shape index (κ3) is 6.81. The molecule has 1 aromatic carbocycles. The van der Waals surface area contributed by atoms with Gasteiger partial charge in [-0.2, -0.15) is 4.31 Å². The van der Waals surface area contributed by atoms with Gasteiger partial charge in [0.2, 0.25) is 0 Å². The molecule has 1 amide bonds. The molecule has 13 heteroatoms. The predicted octanol–water partition coefficient (Wildman–Crippen LogP) is -0.249. The number of phosphoric acid groups is 2. The van der Waals surface area contributed by atoms with E-state index in [4.69, 9.17) is 20.4 Å². The van der Waals surface area contributed by atoms with E-state index in [-0.39, 0.29) is 5.56 Å². The van der Waals surface area contributed by atoms with Crippen molar-refractivity contribution in [3.8, 4) is 0 Å². The number of nitrogen functional groups attached to an aromatic ring is 1. The largest absolute Gasteiger partial charge is 0.538 e. The summed E-state index contributed by atoms with van der Waals surface area (Å²) < 4.78 is 28.7. The Morgan fingerprint density at radius 2 is 1.68 bits per heavy atom. The number of benzene rings is 1. The van der Waals surface area contributed by atoms with Crippen LogP contribution in [0.3, 0.4) is 0 Å². The van der Waals surface area contributed by atoms with Crippen molar-refractivity contribution in [2.24, 2.45) is 0 Å². The Labute approximate surface area is 123 Å². The van der Waals surface area contributed by atoms with Crippen molar-refractivity contribution < 1.29 is 42.2 Å². The highest BCUT2D eigenvalue weighted by atomic mass is 31.3. The fourth-order valence-electron chi connectivity index (χ4n) is 1.20. The number of hydrogen-bond donors (Lipinski definition) is 5.